The van der Waals surface area contributed by atoms with Gasteiger partial charge in [0.1, 0.15) is 4.83 Å². The van der Waals surface area contributed by atoms with Crippen LogP contribution in [0.3, 0.4) is 0 Å². The number of hydrogen-bond donors (Lipinski definition) is 4. The van der Waals surface area contributed by atoms with Crippen molar-refractivity contribution >= 4 is 38.6 Å². The van der Waals surface area contributed by atoms with Crippen molar-refractivity contribution in [2.45, 2.75) is 57.7 Å². The quantitative estimate of drug-likeness (QED) is 0.410. The molecule has 5 rings (SSSR count). The summed E-state index contributed by atoms with van der Waals surface area (Å²) < 4.78 is 5.50. The summed E-state index contributed by atoms with van der Waals surface area (Å²) >= 11 is 1.53. The van der Waals surface area contributed by atoms with E-state index in [1.54, 1.807) is 0 Å². The Bertz CT molecular complexity index is 1200. The molecule has 7 nitrogen and oxygen atoms in total. The molecule has 34 heavy (non-hydrogen) atoms. The first-order valence-electron chi connectivity index (χ1n) is 12.3. The van der Waals surface area contributed by atoms with Gasteiger partial charge in [-0.15, -0.1) is 11.3 Å². The first-order valence-corrected chi connectivity index (χ1v) is 13.2. The van der Waals surface area contributed by atoms with Gasteiger partial charge in [-0.25, -0.2) is 0 Å². The van der Waals surface area contributed by atoms with Crippen LogP contribution in [0.25, 0.3) is 10.2 Å². The average molecular weight is 483 g/mol. The summed E-state index contributed by atoms with van der Waals surface area (Å²) in [6, 6.07) is 8.23. The third kappa shape index (κ3) is 4.67. The van der Waals surface area contributed by atoms with Crippen LogP contribution in [0.5, 0.6) is 0 Å². The van der Waals surface area contributed by atoms with Crippen molar-refractivity contribution in [3.63, 3.8) is 0 Å². The van der Waals surface area contributed by atoms with Crippen LogP contribution in [-0.2, 0) is 4.74 Å². The molecule has 1 aromatic carbocycles. The van der Waals surface area contributed by atoms with Gasteiger partial charge in [0.15, 0.2) is 0 Å². The fourth-order valence-corrected chi connectivity index (χ4v) is 5.94. The lowest BCUT2D eigenvalue weighted by Crippen LogP contribution is -2.37. The molecule has 4 N–H and O–H groups in total. The molecule has 0 amide bonds. The van der Waals surface area contributed by atoms with Gasteiger partial charge >= 0.3 is 0 Å². The lowest BCUT2D eigenvalue weighted by molar-refractivity contribution is 0.116. The number of aryl methyl sites for hydroxylation is 1. The molecular weight excluding hydrogens is 448 g/mol. The van der Waals surface area contributed by atoms with Crippen molar-refractivity contribution in [1.29, 1.82) is 0 Å². The Labute approximate surface area is 204 Å². The molecule has 3 heterocycles. The molecule has 3 aromatic rings. The maximum atomic E-state index is 13.3. The standard InChI is InChI=1S/C26H34N4O3S/c1-16-7-8-18(30-10-12-33-13-11-30)15-21(16)27-17(2)23-24(28-20-5-3-4-6-22(20)31)19-9-14-34-26(19)29-25(23)32/h7-9,14-15,17,20,22,27,31H,3-6,10-13H2,1-2H3,(H2,28,29,32). The SMILES string of the molecule is Cc1ccc(N2CCOCC2)cc1NC(C)c1c(NC2CCCCC2O)c2ccsc2[nH]c1=O. The van der Waals surface area contributed by atoms with Crippen LogP contribution in [-0.4, -0.2) is 48.5 Å². The number of pyridine rings is 1. The van der Waals surface area contributed by atoms with Gasteiger partial charge in [0.25, 0.3) is 5.56 Å². The average Bonchev–Trinajstić information content (AvgIpc) is 3.31. The van der Waals surface area contributed by atoms with Gasteiger partial charge in [0.2, 0.25) is 0 Å². The topological polar surface area (TPSA) is 89.6 Å². The summed E-state index contributed by atoms with van der Waals surface area (Å²) in [6.07, 6.45) is 3.43. The number of fused-ring (bicyclic) bond motifs is 1. The van der Waals surface area contributed by atoms with Gasteiger partial charge in [-0.2, -0.15) is 0 Å². The second kappa shape index (κ2) is 9.98. The Morgan fingerprint density at radius 3 is 2.79 bits per heavy atom. The molecule has 0 radical (unpaired) electrons. The first-order chi connectivity index (χ1) is 16.5. The third-order valence-electron chi connectivity index (χ3n) is 7.14. The summed E-state index contributed by atoms with van der Waals surface area (Å²) in [7, 11) is 0. The van der Waals surface area contributed by atoms with Gasteiger partial charge in [0, 0.05) is 29.9 Å². The number of anilines is 3. The lowest BCUT2D eigenvalue weighted by Gasteiger charge is -2.31. The Hall–Kier alpha value is -2.55. The van der Waals surface area contributed by atoms with Gasteiger partial charge in [-0.3, -0.25) is 4.79 Å². The zero-order valence-electron chi connectivity index (χ0n) is 19.9. The first kappa shape index (κ1) is 23.2. The number of aromatic nitrogens is 1. The Kier molecular flexibility index (Phi) is 6.81. The zero-order valence-corrected chi connectivity index (χ0v) is 20.7. The number of hydrogen-bond acceptors (Lipinski definition) is 7. The van der Waals surface area contributed by atoms with E-state index in [0.29, 0.717) is 5.56 Å². The van der Waals surface area contributed by atoms with Gasteiger partial charge in [-0.05, 0) is 55.8 Å². The molecule has 0 bridgehead atoms. The van der Waals surface area contributed by atoms with E-state index in [2.05, 4.69) is 45.6 Å². The summed E-state index contributed by atoms with van der Waals surface area (Å²) in [6.45, 7) is 7.36. The van der Waals surface area contributed by atoms with Gasteiger partial charge in [0.05, 0.1) is 42.7 Å². The van der Waals surface area contributed by atoms with Gasteiger partial charge < -0.3 is 30.4 Å². The molecule has 3 atom stereocenters. The summed E-state index contributed by atoms with van der Waals surface area (Å²) in [4.78, 5) is 19.6. The molecule has 2 aliphatic rings. The summed E-state index contributed by atoms with van der Waals surface area (Å²) in [5.41, 5.74) is 4.74. The number of aromatic amines is 1. The van der Waals surface area contributed by atoms with Crippen LogP contribution in [0, 0.1) is 6.92 Å². The number of H-pyrrole nitrogens is 1. The number of ether oxygens (including phenoxy) is 1. The van der Waals surface area contributed by atoms with E-state index < -0.39 is 6.10 Å². The number of aliphatic hydroxyl groups is 1. The molecule has 8 heteroatoms. The van der Waals surface area contributed by atoms with Crippen LogP contribution in [0.2, 0.25) is 0 Å². The molecule has 1 saturated heterocycles. The van der Waals surface area contributed by atoms with Crippen molar-refractivity contribution < 1.29 is 9.84 Å². The fraction of sp³-hybridized carbons (Fsp3) is 0.500. The Morgan fingerprint density at radius 2 is 2.00 bits per heavy atom. The molecule has 1 aliphatic carbocycles. The second-order valence-electron chi connectivity index (χ2n) is 9.47. The fourth-order valence-electron chi connectivity index (χ4n) is 5.15. The smallest absolute Gasteiger partial charge is 0.256 e. The van der Waals surface area contributed by atoms with E-state index in [1.165, 1.54) is 11.3 Å². The highest BCUT2D eigenvalue weighted by molar-refractivity contribution is 7.16. The number of thiophene rings is 1. The molecule has 3 unspecified atom stereocenters. The van der Waals surface area contributed by atoms with Crippen LogP contribution in [0.1, 0.15) is 49.8 Å². The number of morpholine rings is 1. The zero-order chi connectivity index (χ0) is 23.7. The minimum absolute atomic E-state index is 0.0454. The number of benzene rings is 1. The predicted molar refractivity (Wildman–Crippen MR) is 141 cm³/mol. The molecule has 0 spiro atoms. The Balaban J connectivity index is 1.48. The lowest BCUT2D eigenvalue weighted by atomic mass is 9.92. The number of nitrogens with one attached hydrogen (secondary N) is 3. The number of rotatable bonds is 6. The van der Waals surface area contributed by atoms with Gasteiger partial charge in [-0.1, -0.05) is 18.9 Å². The molecule has 1 aliphatic heterocycles. The minimum atomic E-state index is -0.398. The maximum Gasteiger partial charge on any atom is 0.256 e. The Morgan fingerprint density at radius 1 is 1.21 bits per heavy atom. The molecule has 182 valence electrons. The minimum Gasteiger partial charge on any atom is -0.391 e. The van der Waals surface area contributed by atoms with Crippen LogP contribution >= 0.6 is 11.3 Å². The predicted octanol–water partition coefficient (Wildman–Crippen LogP) is 4.62. The van der Waals surface area contributed by atoms with Crippen molar-refractivity contribution in [3.8, 4) is 0 Å². The normalized spacial score (nSPS) is 22.0. The monoisotopic (exact) mass is 482 g/mol. The number of nitrogens with zero attached hydrogens (tertiary/aromatic N) is 1. The highest BCUT2D eigenvalue weighted by Gasteiger charge is 2.27. The van der Waals surface area contributed by atoms with Crippen molar-refractivity contribution in [2.24, 2.45) is 0 Å². The van der Waals surface area contributed by atoms with Crippen molar-refractivity contribution in [2.75, 3.05) is 41.8 Å². The highest BCUT2D eigenvalue weighted by Crippen LogP contribution is 2.35. The van der Waals surface area contributed by atoms with Crippen LogP contribution < -0.4 is 21.1 Å². The van der Waals surface area contributed by atoms with E-state index in [0.717, 1.165) is 84.8 Å². The largest absolute Gasteiger partial charge is 0.391 e. The van der Waals surface area contributed by atoms with Crippen LogP contribution in [0.15, 0.2) is 34.4 Å². The molecule has 2 aromatic heterocycles. The van der Waals surface area contributed by atoms with E-state index in [4.69, 9.17) is 4.74 Å². The number of aliphatic hydroxyl groups excluding tert-OH is 1. The third-order valence-corrected chi connectivity index (χ3v) is 7.97. The summed E-state index contributed by atoms with van der Waals surface area (Å²) in [5.74, 6) is 0. The second-order valence-corrected chi connectivity index (χ2v) is 10.4. The highest BCUT2D eigenvalue weighted by atomic mass is 32.1. The molecule has 2 fully saturated rings. The van der Waals surface area contributed by atoms with E-state index in [9.17, 15) is 9.90 Å². The molecule has 1 saturated carbocycles. The van der Waals surface area contributed by atoms with E-state index in [1.807, 2.05) is 18.4 Å². The molecular formula is C26H34N4O3S. The van der Waals surface area contributed by atoms with E-state index >= 15 is 0 Å². The van der Waals surface area contributed by atoms with Crippen LogP contribution in [0.4, 0.5) is 17.1 Å². The van der Waals surface area contributed by atoms with Crippen molar-refractivity contribution in [3.05, 3.63) is 51.1 Å². The maximum absolute atomic E-state index is 13.3. The van der Waals surface area contributed by atoms with E-state index in [-0.39, 0.29) is 17.6 Å². The van der Waals surface area contributed by atoms with Crippen molar-refractivity contribution in [1.82, 2.24) is 4.98 Å². The summed E-state index contributed by atoms with van der Waals surface area (Å²) in [5, 5.41) is 20.8.